The quantitative estimate of drug-likeness (QED) is 0.302. The number of anilines is 1. The van der Waals surface area contributed by atoms with Gasteiger partial charge in [0.1, 0.15) is 6.04 Å². The zero-order chi connectivity index (χ0) is 28.5. The number of amides is 2. The maximum Gasteiger partial charge on any atom is 0.326 e. The maximum absolute atomic E-state index is 13.3. The van der Waals surface area contributed by atoms with E-state index in [-0.39, 0.29) is 30.0 Å². The van der Waals surface area contributed by atoms with Crippen molar-refractivity contribution in [2.75, 3.05) is 18.0 Å². The molecule has 1 saturated heterocycles. The Labute approximate surface area is 232 Å². The molecule has 0 spiro atoms. The second-order valence-corrected chi connectivity index (χ2v) is 11.0. The number of carbonyl (C=O) groups excluding carboxylic acids is 2. The highest BCUT2D eigenvalue weighted by atomic mass is 16.5. The number of benzene rings is 1. The van der Waals surface area contributed by atoms with Crippen LogP contribution in [-0.2, 0) is 25.7 Å². The lowest BCUT2D eigenvalue weighted by atomic mass is 9.86. The molecule has 2 aliphatic rings. The number of carboxylic acids is 1. The number of ether oxygens (including phenoxy) is 1. The van der Waals surface area contributed by atoms with Crippen molar-refractivity contribution in [3.63, 3.8) is 0 Å². The minimum Gasteiger partial charge on any atom is -0.480 e. The molecule has 3 rings (SSSR count). The first-order chi connectivity index (χ1) is 18.6. The molecule has 1 heterocycles. The van der Waals surface area contributed by atoms with Crippen molar-refractivity contribution in [3.05, 3.63) is 41.5 Å². The van der Waals surface area contributed by atoms with Crippen molar-refractivity contribution in [2.45, 2.75) is 104 Å². The van der Waals surface area contributed by atoms with E-state index in [1.807, 2.05) is 13.8 Å². The molecule has 1 aliphatic heterocycles. The van der Waals surface area contributed by atoms with Gasteiger partial charge in [-0.25, -0.2) is 4.79 Å². The lowest BCUT2D eigenvalue weighted by Crippen LogP contribution is -2.59. The number of carboxylic acid groups (broad SMARTS) is 1. The second-order valence-electron chi connectivity index (χ2n) is 11.0. The standard InChI is InChI=1S/C30H46N4O5/c1-6-24(7-2)39-26-17-22(29(36)33-27(19(3)4)30(37)38)16-25(28(26)32-20(5)35)31-18-21-10-12-23(13-11-21)34-14-8-9-15-34/h10-13,17,19,24-28,31H,6-9,14-16,18H2,1-5H3,(H,32,35)(H,33,36)(H,37,38)/t25-,26+,27+,28+/m0/s1. The molecule has 1 aromatic carbocycles. The fourth-order valence-electron chi connectivity index (χ4n) is 5.37. The summed E-state index contributed by atoms with van der Waals surface area (Å²) >= 11 is 0. The van der Waals surface area contributed by atoms with Gasteiger partial charge in [-0.2, -0.15) is 0 Å². The first-order valence-corrected chi connectivity index (χ1v) is 14.4. The van der Waals surface area contributed by atoms with E-state index in [0.29, 0.717) is 18.5 Å². The third kappa shape index (κ3) is 8.54. The van der Waals surface area contributed by atoms with Gasteiger partial charge in [0.15, 0.2) is 0 Å². The molecule has 4 N–H and O–H groups in total. The number of nitrogens with zero attached hydrogens (tertiary/aromatic N) is 1. The number of rotatable bonds is 13. The van der Waals surface area contributed by atoms with Gasteiger partial charge >= 0.3 is 5.97 Å². The third-order valence-electron chi connectivity index (χ3n) is 7.71. The van der Waals surface area contributed by atoms with E-state index in [1.165, 1.54) is 25.5 Å². The SMILES string of the molecule is CCC(CC)O[C@@H]1C=C(C(=O)N[C@@H](C(=O)O)C(C)C)C[C@H](NCc2ccc(N3CCCC3)cc2)[C@H]1NC(C)=O. The summed E-state index contributed by atoms with van der Waals surface area (Å²) in [6.07, 6.45) is 5.56. The van der Waals surface area contributed by atoms with Gasteiger partial charge in [-0.3, -0.25) is 9.59 Å². The van der Waals surface area contributed by atoms with Crippen LogP contribution < -0.4 is 20.9 Å². The molecule has 0 radical (unpaired) electrons. The number of hydrogen-bond donors (Lipinski definition) is 4. The van der Waals surface area contributed by atoms with Crippen molar-refractivity contribution < 1.29 is 24.2 Å². The zero-order valence-corrected chi connectivity index (χ0v) is 24.0. The Bertz CT molecular complexity index is 999. The molecule has 1 fully saturated rings. The fraction of sp³-hybridized carbons (Fsp3) is 0.633. The predicted octanol–water partition coefficient (Wildman–Crippen LogP) is 3.38. The minimum atomic E-state index is -1.07. The summed E-state index contributed by atoms with van der Waals surface area (Å²) in [4.78, 5) is 39.6. The van der Waals surface area contributed by atoms with Crippen LogP contribution >= 0.6 is 0 Å². The largest absolute Gasteiger partial charge is 0.480 e. The van der Waals surface area contributed by atoms with Crippen molar-refractivity contribution in [1.29, 1.82) is 0 Å². The monoisotopic (exact) mass is 542 g/mol. The maximum atomic E-state index is 13.3. The number of hydrogen-bond acceptors (Lipinski definition) is 6. The summed E-state index contributed by atoms with van der Waals surface area (Å²) in [7, 11) is 0. The summed E-state index contributed by atoms with van der Waals surface area (Å²) in [5.74, 6) is -1.93. The Morgan fingerprint density at radius 1 is 1.08 bits per heavy atom. The smallest absolute Gasteiger partial charge is 0.326 e. The van der Waals surface area contributed by atoms with Crippen LogP contribution in [0.5, 0.6) is 0 Å². The summed E-state index contributed by atoms with van der Waals surface area (Å²) in [6, 6.07) is 6.83. The molecule has 39 heavy (non-hydrogen) atoms. The highest BCUT2D eigenvalue weighted by molar-refractivity contribution is 5.96. The molecule has 9 nitrogen and oxygen atoms in total. The zero-order valence-electron chi connectivity index (χ0n) is 24.0. The molecule has 4 atom stereocenters. The topological polar surface area (TPSA) is 120 Å². The number of aliphatic carboxylic acids is 1. The molecule has 0 saturated carbocycles. The van der Waals surface area contributed by atoms with E-state index in [4.69, 9.17) is 4.74 Å². The van der Waals surface area contributed by atoms with E-state index < -0.39 is 24.0 Å². The van der Waals surface area contributed by atoms with Crippen LogP contribution in [0.1, 0.15) is 72.3 Å². The van der Waals surface area contributed by atoms with Gasteiger partial charge < -0.3 is 30.7 Å². The molecule has 1 aliphatic carbocycles. The van der Waals surface area contributed by atoms with Crippen LogP contribution in [-0.4, -0.2) is 66.3 Å². The number of carbonyl (C=O) groups is 3. The second kappa shape index (κ2) is 14.5. The lowest BCUT2D eigenvalue weighted by molar-refractivity contribution is -0.142. The van der Waals surface area contributed by atoms with Gasteiger partial charge in [0.25, 0.3) is 0 Å². The Kier molecular flexibility index (Phi) is 11.4. The number of nitrogens with one attached hydrogen (secondary N) is 3. The molecule has 0 aromatic heterocycles. The Balaban J connectivity index is 1.82. The van der Waals surface area contributed by atoms with Crippen molar-refractivity contribution in [1.82, 2.24) is 16.0 Å². The Morgan fingerprint density at radius 2 is 1.72 bits per heavy atom. The first-order valence-electron chi connectivity index (χ1n) is 14.4. The molecule has 0 unspecified atom stereocenters. The van der Waals surface area contributed by atoms with Gasteiger partial charge in [0, 0.05) is 43.9 Å². The molecule has 9 heteroatoms. The fourth-order valence-corrected chi connectivity index (χ4v) is 5.37. The predicted molar refractivity (Wildman–Crippen MR) is 152 cm³/mol. The van der Waals surface area contributed by atoms with Crippen LogP contribution in [0.15, 0.2) is 35.9 Å². The minimum absolute atomic E-state index is 0.0360. The van der Waals surface area contributed by atoms with E-state index in [9.17, 15) is 19.5 Å². The van der Waals surface area contributed by atoms with Gasteiger partial charge in [0.05, 0.1) is 18.2 Å². The summed E-state index contributed by atoms with van der Waals surface area (Å²) < 4.78 is 6.41. The van der Waals surface area contributed by atoms with E-state index in [0.717, 1.165) is 31.5 Å². The van der Waals surface area contributed by atoms with Crippen LogP contribution in [0.4, 0.5) is 5.69 Å². The van der Waals surface area contributed by atoms with Crippen LogP contribution in [0.2, 0.25) is 0 Å². The van der Waals surface area contributed by atoms with Crippen molar-refractivity contribution >= 4 is 23.5 Å². The molecule has 0 bridgehead atoms. The summed E-state index contributed by atoms with van der Waals surface area (Å²) in [5.41, 5.74) is 2.79. The Hall–Kier alpha value is -2.91. The molecular formula is C30H46N4O5. The van der Waals surface area contributed by atoms with E-state index in [1.54, 1.807) is 19.9 Å². The highest BCUT2D eigenvalue weighted by Crippen LogP contribution is 2.26. The van der Waals surface area contributed by atoms with Crippen molar-refractivity contribution in [3.8, 4) is 0 Å². The molecule has 1 aromatic rings. The normalized spacial score (nSPS) is 22.1. The average Bonchev–Trinajstić information content (AvgIpc) is 3.44. The molecule has 216 valence electrons. The van der Waals surface area contributed by atoms with Crippen molar-refractivity contribution in [2.24, 2.45) is 5.92 Å². The third-order valence-corrected chi connectivity index (χ3v) is 7.71. The molecule has 2 amide bonds. The van der Waals surface area contributed by atoms with E-state index >= 15 is 0 Å². The highest BCUT2D eigenvalue weighted by Gasteiger charge is 2.38. The van der Waals surface area contributed by atoms with Gasteiger partial charge in [-0.05, 0) is 61.8 Å². The Morgan fingerprint density at radius 3 is 2.26 bits per heavy atom. The van der Waals surface area contributed by atoms with Crippen LogP contribution in [0, 0.1) is 5.92 Å². The van der Waals surface area contributed by atoms with Gasteiger partial charge in [-0.15, -0.1) is 0 Å². The van der Waals surface area contributed by atoms with Gasteiger partial charge in [-0.1, -0.05) is 39.8 Å². The van der Waals surface area contributed by atoms with Gasteiger partial charge in [0.2, 0.25) is 11.8 Å². The summed E-state index contributed by atoms with van der Waals surface area (Å²) in [6.45, 7) is 11.8. The van der Waals surface area contributed by atoms with Crippen LogP contribution in [0.25, 0.3) is 0 Å². The summed E-state index contributed by atoms with van der Waals surface area (Å²) in [5, 5.41) is 18.9. The average molecular weight is 543 g/mol. The first kappa shape index (κ1) is 30.6. The lowest BCUT2D eigenvalue weighted by Gasteiger charge is -2.39. The van der Waals surface area contributed by atoms with E-state index in [2.05, 4.69) is 45.1 Å². The molecular weight excluding hydrogens is 496 g/mol. The van der Waals surface area contributed by atoms with Crippen LogP contribution in [0.3, 0.4) is 0 Å².